The van der Waals surface area contributed by atoms with Crippen molar-refractivity contribution < 1.29 is 4.74 Å². The van der Waals surface area contributed by atoms with Crippen LogP contribution in [0.4, 0.5) is 0 Å². The third-order valence-electron chi connectivity index (χ3n) is 2.50. The van der Waals surface area contributed by atoms with E-state index < -0.39 is 0 Å². The molecule has 0 aliphatic heterocycles. The number of para-hydroxylation sites is 1. The normalized spacial score (nSPS) is 10.2. The summed E-state index contributed by atoms with van der Waals surface area (Å²) < 4.78 is 7.43. The van der Waals surface area contributed by atoms with Crippen molar-refractivity contribution in [3.63, 3.8) is 0 Å². The second-order valence-electron chi connectivity index (χ2n) is 3.53. The van der Waals surface area contributed by atoms with Gasteiger partial charge in [-0.3, -0.25) is 9.59 Å². The van der Waals surface area contributed by atoms with E-state index in [1.54, 1.807) is 24.3 Å². The number of ether oxygens (including phenoxy) is 1. The summed E-state index contributed by atoms with van der Waals surface area (Å²) in [4.78, 5) is 23.7. The van der Waals surface area contributed by atoms with E-state index in [0.717, 1.165) is 0 Å². The topological polar surface area (TPSA) is 53.2 Å². The molecule has 17 heavy (non-hydrogen) atoms. The van der Waals surface area contributed by atoms with Gasteiger partial charge in [0.05, 0.1) is 18.9 Å². The van der Waals surface area contributed by atoms with Crippen LogP contribution in [0.1, 0.15) is 0 Å². The third kappa shape index (κ3) is 1.87. The van der Waals surface area contributed by atoms with E-state index in [9.17, 15) is 9.59 Å². The Morgan fingerprint density at radius 2 is 1.76 bits per heavy atom. The lowest BCUT2D eigenvalue weighted by molar-refractivity contribution is 0.396. The number of rotatable bonds is 2. The molecular formula is C12H12N2O3. The predicted octanol–water partition coefficient (Wildman–Crippen LogP) is 0.545. The van der Waals surface area contributed by atoms with Gasteiger partial charge in [0.2, 0.25) is 0 Å². The van der Waals surface area contributed by atoms with Gasteiger partial charge in [-0.25, -0.2) is 9.36 Å². The molecule has 0 amide bonds. The SMILES string of the molecule is COc1cc(=O)n(C)n(-c2ccccc2)c1=O. The average Bonchev–Trinajstić information content (AvgIpc) is 2.35. The van der Waals surface area contributed by atoms with E-state index >= 15 is 0 Å². The van der Waals surface area contributed by atoms with Crippen molar-refractivity contribution in [2.75, 3.05) is 7.11 Å². The van der Waals surface area contributed by atoms with Crippen LogP contribution >= 0.6 is 0 Å². The van der Waals surface area contributed by atoms with Crippen LogP contribution in [-0.4, -0.2) is 16.5 Å². The zero-order valence-electron chi connectivity index (χ0n) is 9.58. The Bertz CT molecular complexity index is 641. The molecule has 0 atom stereocenters. The summed E-state index contributed by atoms with van der Waals surface area (Å²) in [5.74, 6) is 0.0388. The highest BCUT2D eigenvalue weighted by atomic mass is 16.5. The molecule has 0 spiro atoms. The van der Waals surface area contributed by atoms with Gasteiger partial charge in [-0.15, -0.1) is 0 Å². The van der Waals surface area contributed by atoms with E-state index in [1.807, 2.05) is 6.07 Å². The van der Waals surface area contributed by atoms with Crippen LogP contribution in [0.2, 0.25) is 0 Å². The van der Waals surface area contributed by atoms with Crippen molar-refractivity contribution in [2.24, 2.45) is 7.05 Å². The molecule has 2 aromatic rings. The zero-order chi connectivity index (χ0) is 12.4. The summed E-state index contributed by atoms with van der Waals surface area (Å²) >= 11 is 0. The first-order valence-electron chi connectivity index (χ1n) is 5.08. The van der Waals surface area contributed by atoms with Crippen LogP contribution in [-0.2, 0) is 7.05 Å². The molecule has 5 heteroatoms. The van der Waals surface area contributed by atoms with Crippen LogP contribution in [0.25, 0.3) is 5.69 Å². The molecule has 0 N–H and O–H groups in total. The molecule has 5 nitrogen and oxygen atoms in total. The van der Waals surface area contributed by atoms with Gasteiger partial charge in [-0.05, 0) is 12.1 Å². The van der Waals surface area contributed by atoms with Crippen LogP contribution in [0, 0.1) is 0 Å². The maximum Gasteiger partial charge on any atom is 0.312 e. The van der Waals surface area contributed by atoms with Gasteiger partial charge < -0.3 is 4.74 Å². The molecule has 0 aliphatic carbocycles. The number of methoxy groups -OCH3 is 1. The molecule has 1 heterocycles. The fraction of sp³-hybridized carbons (Fsp3) is 0.167. The zero-order valence-corrected chi connectivity index (χ0v) is 9.58. The molecule has 1 aromatic heterocycles. The highest BCUT2D eigenvalue weighted by Gasteiger charge is 2.10. The first-order chi connectivity index (χ1) is 8.15. The lowest BCUT2D eigenvalue weighted by Gasteiger charge is -2.12. The first kappa shape index (κ1) is 11.2. The van der Waals surface area contributed by atoms with Crippen LogP contribution in [0.3, 0.4) is 0 Å². The molecule has 0 radical (unpaired) electrons. The lowest BCUT2D eigenvalue weighted by atomic mass is 10.3. The van der Waals surface area contributed by atoms with Gasteiger partial charge in [0.15, 0.2) is 5.75 Å². The van der Waals surface area contributed by atoms with Gasteiger partial charge in [0.25, 0.3) is 5.56 Å². The van der Waals surface area contributed by atoms with E-state index in [4.69, 9.17) is 4.74 Å². The molecule has 0 saturated heterocycles. The summed E-state index contributed by atoms with van der Waals surface area (Å²) in [5, 5.41) is 0. The molecule has 0 unspecified atom stereocenters. The quantitative estimate of drug-likeness (QED) is 0.759. The Morgan fingerprint density at radius 1 is 1.12 bits per heavy atom. The highest BCUT2D eigenvalue weighted by molar-refractivity contribution is 5.32. The van der Waals surface area contributed by atoms with Gasteiger partial charge >= 0.3 is 5.56 Å². The minimum atomic E-state index is -0.360. The Hall–Kier alpha value is -2.30. The lowest BCUT2D eigenvalue weighted by Crippen LogP contribution is -2.35. The number of hydrogen-bond acceptors (Lipinski definition) is 3. The summed E-state index contributed by atoms with van der Waals surface area (Å²) in [5.41, 5.74) is -0.0397. The molecule has 88 valence electrons. The van der Waals surface area contributed by atoms with E-state index in [-0.39, 0.29) is 16.9 Å². The maximum atomic E-state index is 12.1. The molecular weight excluding hydrogens is 220 g/mol. The Kier molecular flexibility index (Phi) is 2.82. The number of hydrogen-bond donors (Lipinski definition) is 0. The van der Waals surface area contributed by atoms with Crippen molar-refractivity contribution in [2.45, 2.75) is 0 Å². The van der Waals surface area contributed by atoms with Gasteiger partial charge in [0.1, 0.15) is 0 Å². The Balaban J connectivity index is 2.82. The predicted molar refractivity (Wildman–Crippen MR) is 63.8 cm³/mol. The van der Waals surface area contributed by atoms with E-state index in [1.165, 1.54) is 29.6 Å². The average molecular weight is 232 g/mol. The minimum absolute atomic E-state index is 0.0388. The largest absolute Gasteiger partial charge is 0.491 e. The maximum absolute atomic E-state index is 12.1. The van der Waals surface area contributed by atoms with Gasteiger partial charge in [-0.1, -0.05) is 18.2 Å². The molecule has 0 saturated carbocycles. The van der Waals surface area contributed by atoms with Crippen LogP contribution in [0.15, 0.2) is 46.0 Å². The Morgan fingerprint density at radius 3 is 2.35 bits per heavy atom. The molecule has 0 fully saturated rings. The van der Waals surface area contributed by atoms with Crippen molar-refractivity contribution >= 4 is 0 Å². The van der Waals surface area contributed by atoms with Crippen molar-refractivity contribution in [1.82, 2.24) is 9.36 Å². The molecule has 0 aliphatic rings. The van der Waals surface area contributed by atoms with Crippen LogP contribution in [0.5, 0.6) is 5.75 Å². The Labute approximate surface area is 97.5 Å². The fourth-order valence-electron chi connectivity index (χ4n) is 1.61. The summed E-state index contributed by atoms with van der Waals surface area (Å²) in [6.07, 6.45) is 0. The summed E-state index contributed by atoms with van der Waals surface area (Å²) in [7, 11) is 2.90. The second kappa shape index (κ2) is 4.29. The minimum Gasteiger partial charge on any atom is -0.491 e. The van der Waals surface area contributed by atoms with Gasteiger partial charge in [0, 0.05) is 7.05 Å². The van der Waals surface area contributed by atoms with E-state index in [2.05, 4.69) is 0 Å². The fourth-order valence-corrected chi connectivity index (χ4v) is 1.61. The van der Waals surface area contributed by atoms with Crippen molar-refractivity contribution in [3.8, 4) is 11.4 Å². The number of aromatic nitrogens is 2. The monoisotopic (exact) mass is 232 g/mol. The highest BCUT2D eigenvalue weighted by Crippen LogP contribution is 2.05. The first-order valence-corrected chi connectivity index (χ1v) is 5.08. The van der Waals surface area contributed by atoms with Gasteiger partial charge in [-0.2, -0.15) is 0 Å². The van der Waals surface area contributed by atoms with Crippen LogP contribution < -0.4 is 15.9 Å². The third-order valence-corrected chi connectivity index (χ3v) is 2.50. The summed E-state index contributed by atoms with van der Waals surface area (Å²) in [6, 6.07) is 10.1. The van der Waals surface area contributed by atoms with Crippen molar-refractivity contribution in [3.05, 3.63) is 57.1 Å². The molecule has 1 aromatic carbocycles. The number of nitrogens with zero attached hydrogens (tertiary/aromatic N) is 2. The smallest absolute Gasteiger partial charge is 0.312 e. The molecule has 2 rings (SSSR count). The standard InChI is InChI=1S/C12H12N2O3/c1-13-11(15)8-10(17-2)12(16)14(13)9-6-4-3-5-7-9/h3-8H,1-2H3. The molecule has 0 bridgehead atoms. The summed E-state index contributed by atoms with van der Waals surface area (Å²) in [6.45, 7) is 0. The second-order valence-corrected chi connectivity index (χ2v) is 3.53. The number of benzene rings is 1. The van der Waals surface area contributed by atoms with Crippen molar-refractivity contribution in [1.29, 1.82) is 0 Å². The van der Waals surface area contributed by atoms with E-state index in [0.29, 0.717) is 5.69 Å².